The normalized spacial score (nSPS) is 24.3. The van der Waals surface area contributed by atoms with Crippen molar-refractivity contribution in [2.24, 2.45) is 5.92 Å². The number of nitrogens with one attached hydrogen (secondary N) is 1. The van der Waals surface area contributed by atoms with Crippen molar-refractivity contribution in [2.75, 3.05) is 46.1 Å². The van der Waals surface area contributed by atoms with E-state index < -0.39 is 0 Å². The van der Waals surface area contributed by atoms with E-state index in [0.29, 0.717) is 29.8 Å². The average molecular weight is 308 g/mol. The summed E-state index contributed by atoms with van der Waals surface area (Å²) in [5.74, 6) is 1.07. The van der Waals surface area contributed by atoms with E-state index in [1.807, 2.05) is 0 Å². The summed E-state index contributed by atoms with van der Waals surface area (Å²) in [5, 5.41) is 3.06. The topological polar surface area (TPSA) is 63.9 Å². The van der Waals surface area contributed by atoms with Crippen LogP contribution in [0.4, 0.5) is 0 Å². The maximum atomic E-state index is 12.3. The molecule has 0 aromatic carbocycles. The molecule has 1 N–H and O–H groups in total. The highest BCUT2D eigenvalue weighted by Gasteiger charge is 2.31. The molecule has 3 rings (SSSR count). The van der Waals surface area contributed by atoms with Gasteiger partial charge in [-0.25, -0.2) is 0 Å². The van der Waals surface area contributed by atoms with Crippen molar-refractivity contribution in [3.05, 3.63) is 23.7 Å². The molecule has 2 atom stereocenters. The van der Waals surface area contributed by atoms with Crippen LogP contribution in [-0.2, 0) is 9.47 Å². The van der Waals surface area contributed by atoms with Crippen molar-refractivity contribution in [3.8, 4) is 0 Å². The largest absolute Gasteiger partial charge is 0.469 e. The average Bonchev–Trinajstić information content (AvgIpc) is 3.20. The van der Waals surface area contributed by atoms with Gasteiger partial charge in [0.05, 0.1) is 31.6 Å². The van der Waals surface area contributed by atoms with Crippen LogP contribution in [0.25, 0.3) is 0 Å². The number of nitrogens with zero attached hydrogens (tertiary/aromatic N) is 1. The molecular weight excluding hydrogens is 284 g/mol. The van der Waals surface area contributed by atoms with Crippen molar-refractivity contribution >= 4 is 5.91 Å². The molecule has 2 aliphatic heterocycles. The Kier molecular flexibility index (Phi) is 5.12. The zero-order valence-corrected chi connectivity index (χ0v) is 13.0. The third-order valence-electron chi connectivity index (χ3n) is 4.60. The number of morpholine rings is 1. The highest BCUT2D eigenvalue weighted by Crippen LogP contribution is 2.22. The van der Waals surface area contributed by atoms with Crippen molar-refractivity contribution in [1.29, 1.82) is 0 Å². The van der Waals surface area contributed by atoms with E-state index in [4.69, 9.17) is 13.9 Å². The van der Waals surface area contributed by atoms with Crippen LogP contribution in [0.2, 0.25) is 0 Å². The summed E-state index contributed by atoms with van der Waals surface area (Å²) in [6.07, 6.45) is 2.61. The van der Waals surface area contributed by atoms with Crippen molar-refractivity contribution in [2.45, 2.75) is 19.4 Å². The van der Waals surface area contributed by atoms with Gasteiger partial charge in [-0.3, -0.25) is 9.69 Å². The first-order chi connectivity index (χ1) is 10.8. The SMILES string of the molecule is Cc1occc1C(=O)NC[C@@H]([C@@H]1CCOC1)N1CCOCC1. The maximum Gasteiger partial charge on any atom is 0.254 e. The molecular formula is C16H24N2O4. The number of ether oxygens (including phenoxy) is 2. The van der Waals surface area contributed by atoms with Gasteiger partial charge in [0, 0.05) is 38.2 Å². The third kappa shape index (κ3) is 3.51. The molecule has 122 valence electrons. The lowest BCUT2D eigenvalue weighted by Crippen LogP contribution is -2.52. The summed E-state index contributed by atoms with van der Waals surface area (Å²) in [6, 6.07) is 2.02. The summed E-state index contributed by atoms with van der Waals surface area (Å²) < 4.78 is 16.2. The molecule has 6 heteroatoms. The monoisotopic (exact) mass is 308 g/mol. The van der Waals surface area contributed by atoms with E-state index in [-0.39, 0.29) is 5.91 Å². The molecule has 0 spiro atoms. The fourth-order valence-corrected chi connectivity index (χ4v) is 3.27. The van der Waals surface area contributed by atoms with Gasteiger partial charge in [-0.05, 0) is 19.4 Å². The number of hydrogen-bond donors (Lipinski definition) is 1. The van der Waals surface area contributed by atoms with Crippen molar-refractivity contribution in [3.63, 3.8) is 0 Å². The van der Waals surface area contributed by atoms with Gasteiger partial charge in [0.2, 0.25) is 0 Å². The first-order valence-corrected chi connectivity index (χ1v) is 7.97. The zero-order chi connectivity index (χ0) is 15.4. The summed E-state index contributed by atoms with van der Waals surface area (Å²) in [6.45, 7) is 7.40. The lowest BCUT2D eigenvalue weighted by molar-refractivity contribution is 0.00166. The van der Waals surface area contributed by atoms with Gasteiger partial charge in [-0.1, -0.05) is 0 Å². The molecule has 2 aliphatic rings. The first kappa shape index (κ1) is 15.5. The molecule has 0 saturated carbocycles. The molecule has 1 aromatic rings. The quantitative estimate of drug-likeness (QED) is 0.881. The molecule has 2 fully saturated rings. The summed E-state index contributed by atoms with van der Waals surface area (Å²) in [7, 11) is 0. The van der Waals surface area contributed by atoms with Crippen LogP contribution in [-0.4, -0.2) is 62.9 Å². The molecule has 0 radical (unpaired) electrons. The smallest absolute Gasteiger partial charge is 0.254 e. The van der Waals surface area contributed by atoms with Crippen LogP contribution in [0.15, 0.2) is 16.7 Å². The van der Waals surface area contributed by atoms with Crippen LogP contribution in [0.5, 0.6) is 0 Å². The van der Waals surface area contributed by atoms with Crippen LogP contribution in [0.3, 0.4) is 0 Å². The second-order valence-electron chi connectivity index (χ2n) is 5.94. The highest BCUT2D eigenvalue weighted by atomic mass is 16.5. The van der Waals surface area contributed by atoms with Crippen LogP contribution < -0.4 is 5.32 Å². The second-order valence-corrected chi connectivity index (χ2v) is 5.94. The Balaban J connectivity index is 1.62. The second kappa shape index (κ2) is 7.26. The Morgan fingerprint density at radius 1 is 1.36 bits per heavy atom. The Hall–Kier alpha value is -1.37. The van der Waals surface area contributed by atoms with Crippen molar-refractivity contribution < 1.29 is 18.7 Å². The minimum absolute atomic E-state index is 0.0663. The Morgan fingerprint density at radius 3 is 2.82 bits per heavy atom. The number of carbonyl (C=O) groups is 1. The minimum atomic E-state index is -0.0663. The summed E-state index contributed by atoms with van der Waals surface area (Å²) in [5.41, 5.74) is 0.614. The van der Waals surface area contributed by atoms with Gasteiger partial charge in [0.15, 0.2) is 0 Å². The fourth-order valence-electron chi connectivity index (χ4n) is 3.27. The van der Waals surface area contributed by atoms with Gasteiger partial charge in [-0.15, -0.1) is 0 Å². The van der Waals surface area contributed by atoms with Gasteiger partial charge >= 0.3 is 0 Å². The minimum Gasteiger partial charge on any atom is -0.469 e. The van der Waals surface area contributed by atoms with E-state index in [1.165, 1.54) is 0 Å². The predicted molar refractivity (Wildman–Crippen MR) is 80.9 cm³/mol. The van der Waals surface area contributed by atoms with Crippen molar-refractivity contribution in [1.82, 2.24) is 10.2 Å². The third-order valence-corrected chi connectivity index (χ3v) is 4.60. The van der Waals surface area contributed by atoms with E-state index in [0.717, 1.165) is 45.9 Å². The fraction of sp³-hybridized carbons (Fsp3) is 0.688. The predicted octanol–water partition coefficient (Wildman–Crippen LogP) is 1.06. The van der Waals surface area contributed by atoms with E-state index >= 15 is 0 Å². The summed E-state index contributed by atoms with van der Waals surface area (Å²) >= 11 is 0. The highest BCUT2D eigenvalue weighted by molar-refractivity contribution is 5.95. The lowest BCUT2D eigenvalue weighted by Gasteiger charge is -2.37. The van der Waals surface area contributed by atoms with Gasteiger partial charge < -0.3 is 19.2 Å². The van der Waals surface area contributed by atoms with Crippen LogP contribution in [0.1, 0.15) is 22.5 Å². The molecule has 0 aliphatic carbocycles. The molecule has 1 amide bonds. The van der Waals surface area contributed by atoms with Gasteiger partial charge in [-0.2, -0.15) is 0 Å². The maximum absolute atomic E-state index is 12.3. The standard InChI is InChI=1S/C16H24N2O4/c1-12-14(3-7-22-12)16(19)17-10-15(13-2-6-21-11-13)18-4-8-20-9-5-18/h3,7,13,15H,2,4-6,8-11H2,1H3,(H,17,19)/t13-,15+/m1/s1. The summed E-state index contributed by atoms with van der Waals surface area (Å²) in [4.78, 5) is 14.7. The lowest BCUT2D eigenvalue weighted by atomic mass is 9.96. The van der Waals surface area contributed by atoms with Gasteiger partial charge in [0.1, 0.15) is 5.76 Å². The molecule has 0 bridgehead atoms. The molecule has 22 heavy (non-hydrogen) atoms. The first-order valence-electron chi connectivity index (χ1n) is 7.97. The number of amides is 1. The number of furan rings is 1. The zero-order valence-electron chi connectivity index (χ0n) is 13.0. The number of aryl methyl sites for hydroxylation is 1. The van der Waals surface area contributed by atoms with E-state index in [1.54, 1.807) is 19.3 Å². The molecule has 6 nitrogen and oxygen atoms in total. The number of rotatable bonds is 5. The van der Waals surface area contributed by atoms with Gasteiger partial charge in [0.25, 0.3) is 5.91 Å². The van der Waals surface area contributed by atoms with Crippen LogP contribution in [0, 0.1) is 12.8 Å². The number of hydrogen-bond acceptors (Lipinski definition) is 5. The molecule has 1 aromatic heterocycles. The van der Waals surface area contributed by atoms with E-state index in [2.05, 4.69) is 10.2 Å². The Labute approximate surface area is 130 Å². The molecule has 0 unspecified atom stereocenters. The Morgan fingerprint density at radius 2 is 2.18 bits per heavy atom. The van der Waals surface area contributed by atoms with Crippen LogP contribution >= 0.6 is 0 Å². The molecule has 3 heterocycles. The Bertz CT molecular complexity index is 490. The molecule has 2 saturated heterocycles. The number of carbonyl (C=O) groups excluding carboxylic acids is 1. The van der Waals surface area contributed by atoms with E-state index in [9.17, 15) is 4.79 Å².